The van der Waals surface area contributed by atoms with Gasteiger partial charge in [0.25, 0.3) is 0 Å². The number of nitrogens with one attached hydrogen (secondary N) is 1. The van der Waals surface area contributed by atoms with E-state index in [4.69, 9.17) is 9.47 Å². The number of esters is 1. The number of nitrogens with zero attached hydrogens (tertiary/aromatic N) is 6. The Labute approximate surface area is 237 Å². The Hall–Kier alpha value is -4.86. The second kappa shape index (κ2) is 10.6. The standard InChI is InChI=1S/C31H31N7O3/c1-19-12-23(9-11-26(19)40-28-15-27-37-35-18-38(27)17-34-28)36-29-24-14-21(8-10-25(24)32-16-33-29)20-6-5-7-22(13-20)30(39)41-31(2,3)4/h6,8-12,14-18,22H,5,7,13H2,1-4H3,(H,32,33,36). The molecule has 3 aromatic heterocycles. The molecule has 0 aliphatic heterocycles. The van der Waals surface area contributed by atoms with Gasteiger partial charge in [-0.3, -0.25) is 9.20 Å². The van der Waals surface area contributed by atoms with E-state index in [2.05, 4.69) is 48.7 Å². The third-order valence-electron chi connectivity index (χ3n) is 6.93. The zero-order valence-electron chi connectivity index (χ0n) is 23.5. The number of benzene rings is 2. The van der Waals surface area contributed by atoms with Gasteiger partial charge < -0.3 is 14.8 Å². The predicted molar refractivity (Wildman–Crippen MR) is 156 cm³/mol. The molecule has 1 N–H and O–H groups in total. The molecule has 0 radical (unpaired) electrons. The number of allylic oxidation sites excluding steroid dienone is 2. The summed E-state index contributed by atoms with van der Waals surface area (Å²) < 4.78 is 13.4. The van der Waals surface area contributed by atoms with Crippen LogP contribution in [0.25, 0.3) is 22.1 Å². The minimum atomic E-state index is -0.495. The molecule has 0 saturated heterocycles. The van der Waals surface area contributed by atoms with Gasteiger partial charge >= 0.3 is 5.97 Å². The summed E-state index contributed by atoms with van der Waals surface area (Å²) in [5.74, 6) is 1.54. The lowest BCUT2D eigenvalue weighted by Crippen LogP contribution is -2.29. The Bertz CT molecular complexity index is 1790. The molecule has 2 aromatic carbocycles. The van der Waals surface area contributed by atoms with E-state index in [0.29, 0.717) is 29.5 Å². The van der Waals surface area contributed by atoms with Crippen molar-refractivity contribution in [3.63, 3.8) is 0 Å². The van der Waals surface area contributed by atoms with Crippen LogP contribution in [0, 0.1) is 12.8 Å². The summed E-state index contributed by atoms with van der Waals surface area (Å²) in [5.41, 5.74) is 4.98. The van der Waals surface area contributed by atoms with Crippen LogP contribution in [0.15, 0.2) is 67.5 Å². The lowest BCUT2D eigenvalue weighted by molar-refractivity contribution is -0.160. The highest BCUT2D eigenvalue weighted by Gasteiger charge is 2.28. The molecule has 3 heterocycles. The second-order valence-corrected chi connectivity index (χ2v) is 11.2. The van der Waals surface area contributed by atoms with Gasteiger partial charge in [-0.15, -0.1) is 10.2 Å². The van der Waals surface area contributed by atoms with E-state index in [1.165, 1.54) is 0 Å². The summed E-state index contributed by atoms with van der Waals surface area (Å²) in [5, 5.41) is 12.2. The number of anilines is 2. The van der Waals surface area contributed by atoms with Crippen LogP contribution in [-0.4, -0.2) is 41.1 Å². The zero-order chi connectivity index (χ0) is 28.6. The number of hydrogen-bond acceptors (Lipinski definition) is 9. The second-order valence-electron chi connectivity index (χ2n) is 11.2. The van der Waals surface area contributed by atoms with E-state index in [0.717, 1.165) is 46.1 Å². The Morgan fingerprint density at radius 3 is 2.76 bits per heavy atom. The Balaban J connectivity index is 1.22. The normalized spacial score (nSPS) is 15.5. The lowest BCUT2D eigenvalue weighted by atomic mass is 9.85. The van der Waals surface area contributed by atoms with Crippen molar-refractivity contribution in [1.82, 2.24) is 29.5 Å². The highest BCUT2D eigenvalue weighted by molar-refractivity contribution is 5.93. The van der Waals surface area contributed by atoms with E-state index in [-0.39, 0.29) is 11.9 Å². The highest BCUT2D eigenvalue weighted by atomic mass is 16.6. The zero-order valence-corrected chi connectivity index (χ0v) is 23.5. The van der Waals surface area contributed by atoms with Crippen molar-refractivity contribution in [2.45, 2.75) is 52.6 Å². The molecule has 1 unspecified atom stereocenters. The molecule has 0 fully saturated rings. The fraction of sp³-hybridized carbons (Fsp3) is 0.290. The number of ether oxygens (including phenoxy) is 2. The van der Waals surface area contributed by atoms with Crippen molar-refractivity contribution in [1.29, 1.82) is 0 Å². The molecular weight excluding hydrogens is 518 g/mol. The summed E-state index contributed by atoms with van der Waals surface area (Å²) in [4.78, 5) is 26.1. The van der Waals surface area contributed by atoms with Crippen LogP contribution < -0.4 is 10.1 Å². The first-order valence-electron chi connectivity index (χ1n) is 13.6. The van der Waals surface area contributed by atoms with Gasteiger partial charge in [-0.05, 0) is 94.0 Å². The predicted octanol–water partition coefficient (Wildman–Crippen LogP) is 6.44. The lowest BCUT2D eigenvalue weighted by Gasteiger charge is -2.26. The van der Waals surface area contributed by atoms with E-state index >= 15 is 0 Å². The molecule has 1 atom stereocenters. The van der Waals surface area contributed by atoms with E-state index in [9.17, 15) is 4.79 Å². The average molecular weight is 550 g/mol. The number of carbonyl (C=O) groups is 1. The smallest absolute Gasteiger partial charge is 0.309 e. The summed E-state index contributed by atoms with van der Waals surface area (Å²) in [6.45, 7) is 7.69. The van der Waals surface area contributed by atoms with Gasteiger partial charge in [0.2, 0.25) is 5.88 Å². The minimum absolute atomic E-state index is 0.132. The van der Waals surface area contributed by atoms with Gasteiger partial charge in [0.1, 0.15) is 36.2 Å². The summed E-state index contributed by atoms with van der Waals surface area (Å²) in [6.07, 6.45) is 9.26. The maximum atomic E-state index is 12.8. The summed E-state index contributed by atoms with van der Waals surface area (Å²) in [7, 11) is 0. The van der Waals surface area contributed by atoms with Gasteiger partial charge in [-0.1, -0.05) is 12.1 Å². The molecule has 0 bridgehead atoms. The largest absolute Gasteiger partial charge is 0.460 e. The van der Waals surface area contributed by atoms with Crippen LogP contribution in [0.5, 0.6) is 11.6 Å². The van der Waals surface area contributed by atoms with E-state index in [1.54, 1.807) is 29.4 Å². The first kappa shape index (κ1) is 26.4. The molecule has 41 heavy (non-hydrogen) atoms. The van der Waals surface area contributed by atoms with E-state index < -0.39 is 5.60 Å². The van der Waals surface area contributed by atoms with Crippen molar-refractivity contribution < 1.29 is 14.3 Å². The van der Waals surface area contributed by atoms with Crippen LogP contribution in [0.2, 0.25) is 0 Å². The van der Waals surface area contributed by atoms with Crippen molar-refractivity contribution in [3.8, 4) is 11.6 Å². The molecule has 0 spiro atoms. The van der Waals surface area contributed by atoms with E-state index in [1.807, 2.05) is 52.0 Å². The van der Waals surface area contributed by atoms with Crippen molar-refractivity contribution in [3.05, 3.63) is 78.6 Å². The Morgan fingerprint density at radius 2 is 1.93 bits per heavy atom. The molecule has 5 aromatic rings. The summed E-state index contributed by atoms with van der Waals surface area (Å²) >= 11 is 0. The molecule has 10 nitrogen and oxygen atoms in total. The maximum Gasteiger partial charge on any atom is 0.309 e. The summed E-state index contributed by atoms with van der Waals surface area (Å²) in [6, 6.07) is 13.7. The molecule has 10 heteroatoms. The Kier molecular flexibility index (Phi) is 6.82. The third-order valence-corrected chi connectivity index (χ3v) is 6.93. The molecule has 6 rings (SSSR count). The first-order chi connectivity index (χ1) is 19.7. The monoisotopic (exact) mass is 549 g/mol. The fourth-order valence-corrected chi connectivity index (χ4v) is 4.95. The van der Waals surface area contributed by atoms with Crippen LogP contribution in [0.1, 0.15) is 51.2 Å². The van der Waals surface area contributed by atoms with Gasteiger partial charge in [-0.2, -0.15) is 0 Å². The van der Waals surface area contributed by atoms with Crippen molar-refractivity contribution in [2.24, 2.45) is 5.92 Å². The van der Waals surface area contributed by atoms with Gasteiger partial charge in [0, 0.05) is 17.1 Å². The van der Waals surface area contributed by atoms with Gasteiger partial charge in [0.15, 0.2) is 5.65 Å². The molecular formula is C31H31N7O3. The van der Waals surface area contributed by atoms with Crippen LogP contribution in [-0.2, 0) is 9.53 Å². The molecule has 1 aliphatic rings. The highest BCUT2D eigenvalue weighted by Crippen LogP contribution is 2.35. The number of carbonyl (C=O) groups excluding carboxylic acids is 1. The average Bonchev–Trinajstić information content (AvgIpc) is 3.42. The number of aryl methyl sites for hydroxylation is 1. The number of rotatable bonds is 6. The number of hydrogen-bond donors (Lipinski definition) is 1. The molecule has 0 saturated carbocycles. The van der Waals surface area contributed by atoms with Crippen molar-refractivity contribution in [2.75, 3.05) is 5.32 Å². The van der Waals surface area contributed by atoms with Gasteiger partial charge in [0.05, 0.1) is 11.4 Å². The molecule has 1 aliphatic carbocycles. The molecule has 208 valence electrons. The van der Waals surface area contributed by atoms with Crippen molar-refractivity contribution >= 4 is 39.6 Å². The number of aromatic nitrogens is 6. The maximum absolute atomic E-state index is 12.8. The van der Waals surface area contributed by atoms with Crippen LogP contribution >= 0.6 is 0 Å². The Morgan fingerprint density at radius 1 is 1.05 bits per heavy atom. The van der Waals surface area contributed by atoms with Crippen LogP contribution in [0.3, 0.4) is 0 Å². The van der Waals surface area contributed by atoms with Gasteiger partial charge in [-0.25, -0.2) is 15.0 Å². The third kappa shape index (κ3) is 5.86. The topological polar surface area (TPSA) is 116 Å². The SMILES string of the molecule is Cc1cc(Nc2ncnc3ccc(C4=CCCC(C(=O)OC(C)(C)C)C4)cc23)ccc1Oc1cc2nncn2cn1. The quantitative estimate of drug-likeness (QED) is 0.239. The molecule has 0 amide bonds. The fourth-order valence-electron chi connectivity index (χ4n) is 4.95. The first-order valence-corrected chi connectivity index (χ1v) is 13.6. The number of fused-ring (bicyclic) bond motifs is 2. The van der Waals surface area contributed by atoms with Crippen LogP contribution in [0.4, 0.5) is 11.5 Å². The minimum Gasteiger partial charge on any atom is -0.460 e.